The summed E-state index contributed by atoms with van der Waals surface area (Å²) in [6.07, 6.45) is 1.85. The van der Waals surface area contributed by atoms with Gasteiger partial charge >= 0.3 is 0 Å². The van der Waals surface area contributed by atoms with Crippen molar-refractivity contribution in [1.82, 2.24) is 5.32 Å². The van der Waals surface area contributed by atoms with Gasteiger partial charge in [-0.2, -0.15) is 0 Å². The lowest BCUT2D eigenvalue weighted by atomic mass is 9.96. The minimum Gasteiger partial charge on any atom is -0.345 e. The standard InChI is InChI=1S/C19H24N2O3S/c1-14(2)13-18(15-9-5-4-6-10-15)20-19(22)16-11-7-8-12-17(16)21-25(3,23)24/h4-12,14,18,21H,13H2,1-3H3,(H,20,22)/t18-/m1/s1. The number of para-hydroxylation sites is 1. The Kier molecular flexibility index (Phi) is 6.20. The number of amides is 1. The molecule has 0 spiro atoms. The Labute approximate surface area is 149 Å². The average Bonchev–Trinajstić information content (AvgIpc) is 2.53. The number of hydrogen-bond donors (Lipinski definition) is 2. The Morgan fingerprint density at radius 3 is 2.20 bits per heavy atom. The smallest absolute Gasteiger partial charge is 0.253 e. The van der Waals surface area contributed by atoms with Crippen molar-refractivity contribution >= 4 is 21.6 Å². The van der Waals surface area contributed by atoms with Crippen LogP contribution in [0.3, 0.4) is 0 Å². The van der Waals surface area contributed by atoms with Crippen LogP contribution in [0.15, 0.2) is 54.6 Å². The Morgan fingerprint density at radius 2 is 1.60 bits per heavy atom. The van der Waals surface area contributed by atoms with Crippen LogP contribution >= 0.6 is 0 Å². The molecule has 0 radical (unpaired) electrons. The predicted octanol–water partition coefficient (Wildman–Crippen LogP) is 3.58. The highest BCUT2D eigenvalue weighted by Gasteiger charge is 2.19. The van der Waals surface area contributed by atoms with E-state index in [0.717, 1.165) is 18.2 Å². The molecular formula is C19H24N2O3S. The Hall–Kier alpha value is -2.34. The molecule has 0 bridgehead atoms. The molecular weight excluding hydrogens is 336 g/mol. The van der Waals surface area contributed by atoms with Crippen LogP contribution in [0, 0.1) is 5.92 Å². The minimum atomic E-state index is -3.46. The molecule has 25 heavy (non-hydrogen) atoms. The van der Waals surface area contributed by atoms with Gasteiger partial charge in [0.15, 0.2) is 0 Å². The van der Waals surface area contributed by atoms with Crippen molar-refractivity contribution in [3.63, 3.8) is 0 Å². The topological polar surface area (TPSA) is 75.3 Å². The molecule has 2 aromatic carbocycles. The lowest BCUT2D eigenvalue weighted by molar-refractivity contribution is 0.0933. The van der Waals surface area contributed by atoms with Gasteiger partial charge in [-0.25, -0.2) is 8.42 Å². The van der Waals surface area contributed by atoms with Gasteiger partial charge in [-0.15, -0.1) is 0 Å². The highest BCUT2D eigenvalue weighted by Crippen LogP contribution is 2.23. The maximum Gasteiger partial charge on any atom is 0.253 e. The molecule has 0 aliphatic rings. The van der Waals surface area contributed by atoms with Crippen molar-refractivity contribution in [3.8, 4) is 0 Å². The zero-order valence-electron chi connectivity index (χ0n) is 14.7. The maximum atomic E-state index is 12.8. The number of rotatable bonds is 7. The Bertz CT molecular complexity index is 818. The molecule has 0 heterocycles. The SMILES string of the molecule is CC(C)C[C@@H](NC(=O)c1ccccc1NS(C)(=O)=O)c1ccccc1. The van der Waals surface area contributed by atoms with Crippen molar-refractivity contribution in [2.24, 2.45) is 5.92 Å². The second-order valence-electron chi connectivity index (χ2n) is 6.49. The molecule has 0 aliphatic carbocycles. The number of sulfonamides is 1. The van der Waals surface area contributed by atoms with Crippen LogP contribution in [-0.4, -0.2) is 20.6 Å². The molecule has 0 saturated heterocycles. The summed E-state index contributed by atoms with van der Waals surface area (Å²) < 4.78 is 25.4. The van der Waals surface area contributed by atoms with Crippen LogP contribution in [-0.2, 0) is 10.0 Å². The van der Waals surface area contributed by atoms with Gasteiger partial charge in [0.2, 0.25) is 10.0 Å². The summed E-state index contributed by atoms with van der Waals surface area (Å²) in [5.74, 6) is 0.0937. The monoisotopic (exact) mass is 360 g/mol. The molecule has 1 atom stereocenters. The molecule has 0 aliphatic heterocycles. The van der Waals surface area contributed by atoms with Crippen LogP contribution in [0.2, 0.25) is 0 Å². The molecule has 0 saturated carbocycles. The van der Waals surface area contributed by atoms with E-state index in [1.54, 1.807) is 24.3 Å². The second kappa shape index (κ2) is 8.16. The van der Waals surface area contributed by atoms with Crippen LogP contribution in [0.1, 0.15) is 42.2 Å². The average molecular weight is 360 g/mol. The summed E-state index contributed by atoms with van der Waals surface area (Å²) in [6.45, 7) is 4.20. The van der Waals surface area contributed by atoms with Gasteiger partial charge in [-0.3, -0.25) is 9.52 Å². The van der Waals surface area contributed by atoms with Gasteiger partial charge in [-0.1, -0.05) is 56.3 Å². The summed E-state index contributed by atoms with van der Waals surface area (Å²) in [4.78, 5) is 12.8. The molecule has 0 unspecified atom stereocenters. The molecule has 2 aromatic rings. The van der Waals surface area contributed by atoms with E-state index in [4.69, 9.17) is 0 Å². The largest absolute Gasteiger partial charge is 0.345 e. The van der Waals surface area contributed by atoms with Gasteiger partial charge in [0.05, 0.1) is 23.5 Å². The molecule has 2 rings (SSSR count). The van der Waals surface area contributed by atoms with Crippen molar-refractivity contribution in [1.29, 1.82) is 0 Å². The highest BCUT2D eigenvalue weighted by molar-refractivity contribution is 7.92. The summed E-state index contributed by atoms with van der Waals surface area (Å²) in [5.41, 5.74) is 1.61. The van der Waals surface area contributed by atoms with E-state index in [0.29, 0.717) is 11.5 Å². The van der Waals surface area contributed by atoms with Gasteiger partial charge in [-0.05, 0) is 30.0 Å². The molecule has 134 valence electrons. The predicted molar refractivity (Wildman–Crippen MR) is 101 cm³/mol. The van der Waals surface area contributed by atoms with Crippen molar-refractivity contribution in [2.75, 3.05) is 11.0 Å². The third kappa shape index (κ3) is 5.90. The molecule has 0 aromatic heterocycles. The number of benzene rings is 2. The van der Waals surface area contributed by atoms with Crippen LogP contribution in [0.25, 0.3) is 0 Å². The normalized spacial score (nSPS) is 12.6. The fourth-order valence-corrected chi connectivity index (χ4v) is 3.22. The number of nitrogens with one attached hydrogen (secondary N) is 2. The second-order valence-corrected chi connectivity index (χ2v) is 8.23. The van der Waals surface area contributed by atoms with E-state index in [-0.39, 0.29) is 17.6 Å². The summed E-state index contributed by atoms with van der Waals surface area (Å²) in [5, 5.41) is 3.03. The van der Waals surface area contributed by atoms with Crippen LogP contribution in [0.4, 0.5) is 5.69 Å². The quantitative estimate of drug-likeness (QED) is 0.792. The van der Waals surface area contributed by atoms with Crippen LogP contribution < -0.4 is 10.0 Å². The first-order chi connectivity index (χ1) is 11.8. The highest BCUT2D eigenvalue weighted by atomic mass is 32.2. The molecule has 1 amide bonds. The van der Waals surface area contributed by atoms with Crippen molar-refractivity contribution in [2.45, 2.75) is 26.3 Å². The lowest BCUT2D eigenvalue weighted by Crippen LogP contribution is -2.30. The zero-order valence-corrected chi connectivity index (χ0v) is 15.5. The third-order valence-electron chi connectivity index (χ3n) is 3.68. The van der Waals surface area contributed by atoms with Gasteiger partial charge in [0.25, 0.3) is 5.91 Å². The lowest BCUT2D eigenvalue weighted by Gasteiger charge is -2.22. The maximum absolute atomic E-state index is 12.8. The molecule has 5 nitrogen and oxygen atoms in total. The van der Waals surface area contributed by atoms with Gasteiger partial charge < -0.3 is 5.32 Å². The van der Waals surface area contributed by atoms with E-state index in [2.05, 4.69) is 23.9 Å². The summed E-state index contributed by atoms with van der Waals surface area (Å²) in [6, 6.07) is 16.2. The van der Waals surface area contributed by atoms with Crippen LogP contribution in [0.5, 0.6) is 0 Å². The fourth-order valence-electron chi connectivity index (χ4n) is 2.64. The Morgan fingerprint density at radius 1 is 1.00 bits per heavy atom. The van der Waals surface area contributed by atoms with E-state index in [1.165, 1.54) is 0 Å². The third-order valence-corrected chi connectivity index (χ3v) is 4.27. The number of carbonyl (C=O) groups excluding carboxylic acids is 1. The summed E-state index contributed by atoms with van der Waals surface area (Å²) >= 11 is 0. The minimum absolute atomic E-state index is 0.139. The summed E-state index contributed by atoms with van der Waals surface area (Å²) in [7, 11) is -3.46. The van der Waals surface area contributed by atoms with Crippen molar-refractivity contribution < 1.29 is 13.2 Å². The molecule has 6 heteroatoms. The number of hydrogen-bond acceptors (Lipinski definition) is 3. The first-order valence-electron chi connectivity index (χ1n) is 8.19. The molecule has 2 N–H and O–H groups in total. The molecule has 0 fully saturated rings. The Balaban J connectivity index is 2.27. The van der Waals surface area contributed by atoms with E-state index in [9.17, 15) is 13.2 Å². The van der Waals surface area contributed by atoms with Gasteiger partial charge in [0, 0.05) is 0 Å². The number of carbonyl (C=O) groups is 1. The van der Waals surface area contributed by atoms with Gasteiger partial charge in [0.1, 0.15) is 0 Å². The first-order valence-corrected chi connectivity index (χ1v) is 10.1. The fraction of sp³-hybridized carbons (Fsp3) is 0.316. The van der Waals surface area contributed by atoms with E-state index < -0.39 is 10.0 Å². The first kappa shape index (κ1) is 19.0. The zero-order chi connectivity index (χ0) is 18.4. The number of anilines is 1. The van der Waals surface area contributed by atoms with E-state index >= 15 is 0 Å². The van der Waals surface area contributed by atoms with E-state index in [1.807, 2.05) is 30.3 Å². The van der Waals surface area contributed by atoms with Crippen molar-refractivity contribution in [3.05, 3.63) is 65.7 Å².